The number of aryl methyl sites for hydroxylation is 1. The van der Waals surface area contributed by atoms with Crippen molar-refractivity contribution in [3.8, 4) is 0 Å². The van der Waals surface area contributed by atoms with Crippen LogP contribution in [0.5, 0.6) is 0 Å². The molecule has 24 heavy (non-hydrogen) atoms. The fourth-order valence-electron chi connectivity index (χ4n) is 4.04. The molecule has 2 heterocycles. The molecule has 2 fully saturated rings. The maximum absolute atomic E-state index is 12.5. The maximum atomic E-state index is 12.5. The van der Waals surface area contributed by atoms with E-state index in [1.54, 1.807) is 0 Å². The van der Waals surface area contributed by atoms with Crippen LogP contribution >= 0.6 is 12.2 Å². The van der Waals surface area contributed by atoms with Crippen molar-refractivity contribution >= 4 is 18.1 Å². The van der Waals surface area contributed by atoms with Crippen LogP contribution in [0.15, 0.2) is 0 Å². The number of nitrogens with zero attached hydrogens (tertiary/aromatic N) is 2. The number of hydrogen-bond acceptors (Lipinski definition) is 4. The van der Waals surface area contributed by atoms with Gasteiger partial charge in [-0.1, -0.05) is 26.2 Å². The van der Waals surface area contributed by atoms with E-state index in [0.29, 0.717) is 4.77 Å². The van der Waals surface area contributed by atoms with Gasteiger partial charge in [-0.2, -0.15) is 5.10 Å². The van der Waals surface area contributed by atoms with Gasteiger partial charge in [-0.25, -0.2) is 0 Å². The van der Waals surface area contributed by atoms with Gasteiger partial charge in [0.05, 0.1) is 5.60 Å². The van der Waals surface area contributed by atoms with Gasteiger partial charge in [-0.05, 0) is 44.3 Å². The van der Waals surface area contributed by atoms with Crippen LogP contribution in [0.1, 0.15) is 64.1 Å². The lowest BCUT2D eigenvalue weighted by atomic mass is 9.78. The van der Waals surface area contributed by atoms with Crippen LogP contribution in [-0.2, 0) is 22.5 Å². The Morgan fingerprint density at radius 3 is 3.00 bits per heavy atom. The summed E-state index contributed by atoms with van der Waals surface area (Å²) in [5.74, 6) is 0.871. The zero-order chi connectivity index (χ0) is 17.0. The summed E-state index contributed by atoms with van der Waals surface area (Å²) in [6.45, 7) is 3.08. The average molecular weight is 353 g/mol. The van der Waals surface area contributed by atoms with Crippen LogP contribution in [0.3, 0.4) is 0 Å². The Hall–Kier alpha value is -1.21. The van der Waals surface area contributed by atoms with Crippen LogP contribution in [0, 0.1) is 4.77 Å². The highest BCUT2D eigenvalue weighted by atomic mass is 32.1. The van der Waals surface area contributed by atoms with Gasteiger partial charge in [0.15, 0.2) is 4.77 Å². The molecule has 2 N–H and O–H groups in total. The molecule has 0 aromatic carbocycles. The van der Waals surface area contributed by atoms with E-state index >= 15 is 0 Å². The first kappa shape index (κ1) is 17.6. The van der Waals surface area contributed by atoms with Gasteiger partial charge in [-0.15, -0.1) is 0 Å². The van der Waals surface area contributed by atoms with Crippen molar-refractivity contribution in [1.82, 2.24) is 20.1 Å². The summed E-state index contributed by atoms with van der Waals surface area (Å²) in [5.41, 5.74) is 0.00771. The first-order chi connectivity index (χ1) is 11.6. The minimum Gasteiger partial charge on any atom is -0.375 e. The van der Waals surface area contributed by atoms with E-state index in [-0.39, 0.29) is 24.1 Å². The van der Waals surface area contributed by atoms with E-state index in [1.807, 2.05) is 4.57 Å². The maximum Gasteiger partial charge on any atom is 0.240 e. The predicted molar refractivity (Wildman–Crippen MR) is 94.3 cm³/mol. The highest BCUT2D eigenvalue weighted by Crippen LogP contribution is 2.38. The number of carbonyl (C=O) groups excluding carboxylic acids is 1. The zero-order valence-electron chi connectivity index (χ0n) is 14.5. The molecule has 1 unspecified atom stereocenters. The molecule has 1 saturated heterocycles. The smallest absolute Gasteiger partial charge is 0.240 e. The number of H-pyrrole nitrogens is 1. The zero-order valence-corrected chi connectivity index (χ0v) is 15.3. The van der Waals surface area contributed by atoms with Crippen molar-refractivity contribution in [2.45, 2.75) is 82.9 Å². The Morgan fingerprint density at radius 1 is 1.46 bits per heavy atom. The normalized spacial score (nSPS) is 23.3. The molecule has 1 amide bonds. The Kier molecular flexibility index (Phi) is 5.71. The number of amides is 1. The van der Waals surface area contributed by atoms with Crippen molar-refractivity contribution in [1.29, 1.82) is 0 Å². The molecule has 3 rings (SSSR count). The molecular weight excluding hydrogens is 324 g/mol. The molecule has 0 bridgehead atoms. The number of aromatic nitrogens is 3. The summed E-state index contributed by atoms with van der Waals surface area (Å²) in [5, 5.41) is 10.2. The second kappa shape index (κ2) is 7.78. The topological polar surface area (TPSA) is 71.9 Å². The molecule has 6 nitrogen and oxygen atoms in total. The number of rotatable bonds is 5. The standard InChI is InChI=1S/C17H28N4O2S/c1-2-6-14-19-20-16(24)21(14)12-15(22)18-13-7-10-23-17(11-13)8-4-3-5-9-17/h13H,2-12H2,1H3,(H,18,22)(H,20,24). The predicted octanol–water partition coefficient (Wildman–Crippen LogP) is 2.89. The highest BCUT2D eigenvalue weighted by molar-refractivity contribution is 7.71. The number of carbonyl (C=O) groups is 1. The van der Waals surface area contributed by atoms with E-state index in [2.05, 4.69) is 22.4 Å². The average Bonchev–Trinajstić information content (AvgIpc) is 2.89. The first-order valence-electron chi connectivity index (χ1n) is 9.19. The van der Waals surface area contributed by atoms with Gasteiger partial charge in [-0.3, -0.25) is 14.5 Å². The molecule has 1 saturated carbocycles. The summed E-state index contributed by atoms with van der Waals surface area (Å²) in [6, 6.07) is 0.208. The molecule has 2 aliphatic rings. The van der Waals surface area contributed by atoms with Gasteiger partial charge in [0.25, 0.3) is 0 Å². The molecular formula is C17H28N4O2S. The molecule has 1 aromatic rings. The second-order valence-corrected chi connectivity index (χ2v) is 7.52. The molecule has 7 heteroatoms. The number of hydrogen-bond donors (Lipinski definition) is 2. The minimum atomic E-state index is 0.00771. The van der Waals surface area contributed by atoms with E-state index in [9.17, 15) is 4.79 Å². The molecule has 1 aromatic heterocycles. The second-order valence-electron chi connectivity index (χ2n) is 7.13. The van der Waals surface area contributed by atoms with Crippen LogP contribution in [0.4, 0.5) is 0 Å². The molecule has 134 valence electrons. The Labute approximate surface area is 148 Å². The van der Waals surface area contributed by atoms with Crippen molar-refractivity contribution in [2.75, 3.05) is 6.61 Å². The number of aromatic amines is 1. The van der Waals surface area contributed by atoms with E-state index in [4.69, 9.17) is 17.0 Å². The third-order valence-electron chi connectivity index (χ3n) is 5.24. The minimum absolute atomic E-state index is 0.00771. The van der Waals surface area contributed by atoms with E-state index in [0.717, 1.165) is 51.0 Å². The monoisotopic (exact) mass is 352 g/mol. The molecule has 1 aliphatic carbocycles. The fourth-order valence-corrected chi connectivity index (χ4v) is 4.26. The Morgan fingerprint density at radius 2 is 2.25 bits per heavy atom. The third-order valence-corrected chi connectivity index (χ3v) is 5.55. The molecule has 1 spiro atoms. The van der Waals surface area contributed by atoms with E-state index < -0.39 is 0 Å². The van der Waals surface area contributed by atoms with Crippen molar-refractivity contribution < 1.29 is 9.53 Å². The van der Waals surface area contributed by atoms with Crippen molar-refractivity contribution in [3.05, 3.63) is 10.6 Å². The number of ether oxygens (including phenoxy) is 1. The van der Waals surface area contributed by atoms with E-state index in [1.165, 1.54) is 19.3 Å². The van der Waals surface area contributed by atoms with Crippen molar-refractivity contribution in [2.24, 2.45) is 0 Å². The fraction of sp³-hybridized carbons (Fsp3) is 0.824. The highest BCUT2D eigenvalue weighted by Gasteiger charge is 2.38. The van der Waals surface area contributed by atoms with Crippen LogP contribution < -0.4 is 5.32 Å². The molecule has 0 radical (unpaired) electrons. The molecule has 1 aliphatic heterocycles. The Bertz CT molecular complexity index is 613. The van der Waals surface area contributed by atoms with Gasteiger partial charge in [0.2, 0.25) is 5.91 Å². The lowest BCUT2D eigenvalue weighted by Gasteiger charge is -2.43. The summed E-state index contributed by atoms with van der Waals surface area (Å²) >= 11 is 5.25. The van der Waals surface area contributed by atoms with Crippen LogP contribution in [0.25, 0.3) is 0 Å². The quantitative estimate of drug-likeness (QED) is 0.799. The van der Waals surface area contributed by atoms with Gasteiger partial charge >= 0.3 is 0 Å². The van der Waals surface area contributed by atoms with Crippen LogP contribution in [0.2, 0.25) is 0 Å². The Balaban J connectivity index is 1.58. The lowest BCUT2D eigenvalue weighted by molar-refractivity contribution is -0.129. The summed E-state index contributed by atoms with van der Waals surface area (Å²) < 4.78 is 8.43. The van der Waals surface area contributed by atoms with Crippen LogP contribution in [-0.4, -0.2) is 38.9 Å². The third kappa shape index (κ3) is 4.06. The summed E-state index contributed by atoms with van der Waals surface area (Å²) in [6.07, 6.45) is 9.69. The lowest BCUT2D eigenvalue weighted by Crippen LogP contribution is -2.50. The van der Waals surface area contributed by atoms with Crippen molar-refractivity contribution in [3.63, 3.8) is 0 Å². The molecule has 1 atom stereocenters. The largest absolute Gasteiger partial charge is 0.375 e. The first-order valence-corrected chi connectivity index (χ1v) is 9.60. The summed E-state index contributed by atoms with van der Waals surface area (Å²) in [4.78, 5) is 12.5. The summed E-state index contributed by atoms with van der Waals surface area (Å²) in [7, 11) is 0. The van der Waals surface area contributed by atoms with Gasteiger partial charge in [0.1, 0.15) is 12.4 Å². The van der Waals surface area contributed by atoms with Gasteiger partial charge in [0, 0.05) is 19.1 Å². The van der Waals surface area contributed by atoms with Gasteiger partial charge < -0.3 is 10.1 Å². The SMILES string of the molecule is CCCc1n[nH]c(=S)n1CC(=O)NC1CCOC2(CCCCC2)C1. The number of nitrogens with one attached hydrogen (secondary N) is 2.